The van der Waals surface area contributed by atoms with E-state index < -0.39 is 20.0 Å². The van der Waals surface area contributed by atoms with Gasteiger partial charge in [-0.25, -0.2) is 16.8 Å². The van der Waals surface area contributed by atoms with Crippen molar-refractivity contribution in [2.24, 2.45) is 5.92 Å². The molecule has 2 aliphatic rings. The van der Waals surface area contributed by atoms with Crippen molar-refractivity contribution in [1.82, 2.24) is 13.5 Å². The van der Waals surface area contributed by atoms with Crippen molar-refractivity contribution < 1.29 is 21.6 Å². The van der Waals surface area contributed by atoms with Crippen LogP contribution in [0.5, 0.6) is 0 Å². The Bertz CT molecular complexity index is 1270. The summed E-state index contributed by atoms with van der Waals surface area (Å²) in [6.07, 6.45) is 0.798. The predicted molar refractivity (Wildman–Crippen MR) is 134 cm³/mol. The second kappa shape index (κ2) is 10.4. The van der Waals surface area contributed by atoms with Crippen molar-refractivity contribution >= 4 is 31.6 Å². The summed E-state index contributed by atoms with van der Waals surface area (Å²) in [4.78, 5) is 15.5. The lowest BCUT2D eigenvalue weighted by atomic mass is 9.97. The molecule has 2 aliphatic heterocycles. The zero-order valence-electron chi connectivity index (χ0n) is 20.1. The van der Waals surface area contributed by atoms with Gasteiger partial charge < -0.3 is 10.2 Å². The molecule has 1 amide bonds. The predicted octanol–water partition coefficient (Wildman–Crippen LogP) is 1.97. The molecule has 2 aromatic carbocycles. The van der Waals surface area contributed by atoms with E-state index in [0.29, 0.717) is 50.3 Å². The molecule has 0 saturated carbocycles. The van der Waals surface area contributed by atoms with Crippen LogP contribution in [0.4, 0.5) is 5.69 Å². The Labute approximate surface area is 207 Å². The molecular formula is C24H32N4O5S2. The quantitative estimate of drug-likeness (QED) is 0.624. The Morgan fingerprint density at radius 2 is 1.43 bits per heavy atom. The van der Waals surface area contributed by atoms with Gasteiger partial charge in [-0.3, -0.25) is 4.79 Å². The number of piperidine rings is 1. The van der Waals surface area contributed by atoms with E-state index in [2.05, 4.69) is 10.2 Å². The van der Waals surface area contributed by atoms with Gasteiger partial charge in [-0.1, -0.05) is 24.3 Å². The van der Waals surface area contributed by atoms with Crippen molar-refractivity contribution in [3.63, 3.8) is 0 Å². The number of benzene rings is 2. The number of nitrogens with one attached hydrogen (secondary N) is 1. The number of hydrogen-bond acceptors (Lipinski definition) is 6. The molecule has 0 spiro atoms. The first-order valence-electron chi connectivity index (χ1n) is 11.7. The molecule has 0 radical (unpaired) electrons. The maximum Gasteiger partial charge on any atom is 0.243 e. The monoisotopic (exact) mass is 520 g/mol. The molecule has 0 bridgehead atoms. The molecule has 11 heteroatoms. The highest BCUT2D eigenvalue weighted by Gasteiger charge is 2.33. The molecule has 2 heterocycles. The Morgan fingerprint density at radius 3 is 2.06 bits per heavy atom. The van der Waals surface area contributed by atoms with Crippen molar-refractivity contribution in [2.75, 3.05) is 51.6 Å². The number of nitrogens with zero attached hydrogens (tertiary/aromatic N) is 3. The van der Waals surface area contributed by atoms with Crippen LogP contribution in [0.15, 0.2) is 58.3 Å². The summed E-state index contributed by atoms with van der Waals surface area (Å²) in [6.45, 7) is 4.47. The molecule has 9 nitrogen and oxygen atoms in total. The molecule has 35 heavy (non-hydrogen) atoms. The van der Waals surface area contributed by atoms with Crippen LogP contribution in [0, 0.1) is 12.8 Å². The van der Waals surface area contributed by atoms with E-state index in [1.807, 2.05) is 7.05 Å². The lowest BCUT2D eigenvalue weighted by Gasteiger charge is -2.32. The van der Waals surface area contributed by atoms with Gasteiger partial charge in [0, 0.05) is 50.9 Å². The normalized spacial score (nSPS) is 19.5. The molecule has 190 valence electrons. The van der Waals surface area contributed by atoms with Crippen LogP contribution in [-0.4, -0.2) is 82.6 Å². The summed E-state index contributed by atoms with van der Waals surface area (Å²) in [5.41, 5.74) is 1.05. The number of amides is 1. The number of carbonyl (C=O) groups is 1. The first kappa shape index (κ1) is 25.8. The summed E-state index contributed by atoms with van der Waals surface area (Å²) in [7, 11) is -5.29. The fourth-order valence-corrected chi connectivity index (χ4v) is 7.63. The minimum Gasteiger partial charge on any atom is -0.326 e. The van der Waals surface area contributed by atoms with Gasteiger partial charge in [-0.15, -0.1) is 0 Å². The lowest BCUT2D eigenvalue weighted by Crippen LogP contribution is -2.47. The van der Waals surface area contributed by atoms with E-state index in [4.69, 9.17) is 0 Å². The molecule has 0 aromatic heterocycles. The maximum absolute atomic E-state index is 13.2. The van der Waals surface area contributed by atoms with E-state index in [1.54, 1.807) is 49.4 Å². The van der Waals surface area contributed by atoms with Crippen molar-refractivity contribution in [3.8, 4) is 0 Å². The lowest BCUT2D eigenvalue weighted by molar-refractivity contribution is -0.120. The fourth-order valence-electron chi connectivity index (χ4n) is 4.47. The van der Waals surface area contributed by atoms with E-state index in [9.17, 15) is 21.6 Å². The highest BCUT2D eigenvalue weighted by atomic mass is 32.2. The van der Waals surface area contributed by atoms with Crippen LogP contribution < -0.4 is 5.32 Å². The Kier molecular flexibility index (Phi) is 7.62. The standard InChI is InChI=1S/C24H32N4O5S2/c1-19-8-9-21(18-23(19)35(32,33)28-16-14-26(2)15-17-28)25-24(29)20-10-12-27(13-11-20)34(30,31)22-6-4-3-5-7-22/h3-9,18,20H,10-17H2,1-2H3,(H,25,29). The Morgan fingerprint density at radius 1 is 0.829 bits per heavy atom. The average molecular weight is 521 g/mol. The topological polar surface area (TPSA) is 107 Å². The summed E-state index contributed by atoms with van der Waals surface area (Å²) in [5, 5.41) is 2.85. The van der Waals surface area contributed by atoms with Crippen molar-refractivity contribution in [3.05, 3.63) is 54.1 Å². The maximum atomic E-state index is 13.2. The van der Waals surface area contributed by atoms with E-state index in [0.717, 1.165) is 0 Å². The second-order valence-electron chi connectivity index (χ2n) is 9.17. The van der Waals surface area contributed by atoms with Crippen LogP contribution in [-0.2, 0) is 24.8 Å². The largest absolute Gasteiger partial charge is 0.326 e. The van der Waals surface area contributed by atoms with Crippen LogP contribution >= 0.6 is 0 Å². The van der Waals surface area contributed by atoms with Crippen molar-refractivity contribution in [2.45, 2.75) is 29.6 Å². The van der Waals surface area contributed by atoms with Gasteiger partial charge in [-0.05, 0) is 56.6 Å². The molecule has 0 aliphatic carbocycles. The van der Waals surface area contributed by atoms with Crippen LogP contribution in [0.1, 0.15) is 18.4 Å². The Hall–Kier alpha value is -2.31. The first-order chi connectivity index (χ1) is 16.6. The van der Waals surface area contributed by atoms with Crippen LogP contribution in [0.2, 0.25) is 0 Å². The third-order valence-corrected chi connectivity index (χ3v) is 10.7. The molecule has 4 rings (SSSR count). The molecule has 2 fully saturated rings. The summed E-state index contributed by atoms with van der Waals surface area (Å²) in [6, 6.07) is 13.2. The summed E-state index contributed by atoms with van der Waals surface area (Å²) < 4.78 is 55.0. The number of sulfonamides is 2. The summed E-state index contributed by atoms with van der Waals surface area (Å²) >= 11 is 0. The van der Waals surface area contributed by atoms with E-state index in [1.165, 1.54) is 14.7 Å². The van der Waals surface area contributed by atoms with Gasteiger partial charge in [0.1, 0.15) is 0 Å². The molecule has 0 atom stereocenters. The minimum atomic E-state index is -3.67. The van der Waals surface area contributed by atoms with Crippen LogP contribution in [0.3, 0.4) is 0 Å². The van der Waals surface area contributed by atoms with Gasteiger partial charge in [0.15, 0.2) is 0 Å². The number of piperazine rings is 1. The van der Waals surface area contributed by atoms with Crippen molar-refractivity contribution in [1.29, 1.82) is 0 Å². The average Bonchev–Trinajstić information content (AvgIpc) is 2.86. The number of likely N-dealkylation sites (N-methyl/N-ethyl adjacent to an activating group) is 1. The van der Waals surface area contributed by atoms with E-state index >= 15 is 0 Å². The number of aryl methyl sites for hydroxylation is 1. The van der Waals surface area contributed by atoms with Gasteiger partial charge >= 0.3 is 0 Å². The third kappa shape index (κ3) is 5.59. The molecule has 1 N–H and O–H groups in total. The highest BCUT2D eigenvalue weighted by molar-refractivity contribution is 7.89. The van der Waals surface area contributed by atoms with Gasteiger partial charge in [0.05, 0.1) is 9.79 Å². The molecule has 0 unspecified atom stereocenters. The third-order valence-electron chi connectivity index (χ3n) is 6.74. The van der Waals surface area contributed by atoms with Gasteiger partial charge in [-0.2, -0.15) is 8.61 Å². The van der Waals surface area contributed by atoms with E-state index in [-0.39, 0.29) is 34.7 Å². The van der Waals surface area contributed by atoms with Gasteiger partial charge in [0.2, 0.25) is 26.0 Å². The SMILES string of the molecule is Cc1ccc(NC(=O)C2CCN(S(=O)(=O)c3ccccc3)CC2)cc1S(=O)(=O)N1CCN(C)CC1. The number of hydrogen-bond donors (Lipinski definition) is 1. The molecule has 2 saturated heterocycles. The Balaban J connectivity index is 1.41. The summed E-state index contributed by atoms with van der Waals surface area (Å²) in [5.74, 6) is -0.579. The van der Waals surface area contributed by atoms with Gasteiger partial charge in [0.25, 0.3) is 0 Å². The molecular weight excluding hydrogens is 488 g/mol. The number of carbonyl (C=O) groups excluding carboxylic acids is 1. The first-order valence-corrected chi connectivity index (χ1v) is 14.6. The smallest absolute Gasteiger partial charge is 0.243 e. The number of rotatable bonds is 6. The number of anilines is 1. The van der Waals surface area contributed by atoms with Crippen LogP contribution in [0.25, 0.3) is 0 Å². The zero-order chi connectivity index (χ0) is 25.2. The zero-order valence-corrected chi connectivity index (χ0v) is 21.7. The highest BCUT2D eigenvalue weighted by Crippen LogP contribution is 2.27. The molecule has 2 aromatic rings. The minimum absolute atomic E-state index is 0.198. The fraction of sp³-hybridized carbons (Fsp3) is 0.458. The second-order valence-corrected chi connectivity index (χ2v) is 13.0.